The quantitative estimate of drug-likeness (QED) is 0.892. The second kappa shape index (κ2) is 7.26. The van der Waals surface area contributed by atoms with Gasteiger partial charge in [-0.3, -0.25) is 0 Å². The van der Waals surface area contributed by atoms with Gasteiger partial charge in [0.15, 0.2) is 0 Å². The summed E-state index contributed by atoms with van der Waals surface area (Å²) < 4.78 is 5.18. The van der Waals surface area contributed by atoms with Crippen LogP contribution in [-0.4, -0.2) is 41.7 Å². The highest BCUT2D eigenvalue weighted by atomic mass is 16.5. The lowest BCUT2D eigenvalue weighted by molar-refractivity contribution is 0.378. The van der Waals surface area contributed by atoms with Crippen LogP contribution < -0.4 is 15.0 Å². The first-order valence-corrected chi connectivity index (χ1v) is 7.55. The van der Waals surface area contributed by atoms with Gasteiger partial charge in [0, 0.05) is 19.6 Å². The number of rotatable bonds is 5. The number of aromatic nitrogens is 3. The summed E-state index contributed by atoms with van der Waals surface area (Å²) in [6.45, 7) is 7.10. The van der Waals surface area contributed by atoms with Gasteiger partial charge in [0.1, 0.15) is 0 Å². The van der Waals surface area contributed by atoms with Gasteiger partial charge in [0.25, 0.3) is 0 Å². The summed E-state index contributed by atoms with van der Waals surface area (Å²) >= 11 is 0. The minimum Gasteiger partial charge on any atom is -0.467 e. The Labute approximate surface area is 121 Å². The summed E-state index contributed by atoms with van der Waals surface area (Å²) in [5.41, 5.74) is 0. The molecule has 6 heteroatoms. The van der Waals surface area contributed by atoms with Crippen LogP contribution in [0, 0.1) is 5.92 Å². The van der Waals surface area contributed by atoms with E-state index in [1.807, 2.05) is 6.92 Å². The van der Waals surface area contributed by atoms with Crippen molar-refractivity contribution in [3.05, 3.63) is 0 Å². The lowest BCUT2D eigenvalue weighted by Crippen LogP contribution is -2.27. The number of methoxy groups -OCH3 is 1. The van der Waals surface area contributed by atoms with Crippen LogP contribution in [0.5, 0.6) is 6.01 Å². The first-order valence-electron chi connectivity index (χ1n) is 7.55. The molecule has 6 nitrogen and oxygen atoms in total. The van der Waals surface area contributed by atoms with Gasteiger partial charge in [0.05, 0.1) is 7.11 Å². The highest BCUT2D eigenvalue weighted by Crippen LogP contribution is 2.23. The first-order chi connectivity index (χ1) is 9.76. The third-order valence-electron chi connectivity index (χ3n) is 3.83. The molecule has 0 saturated carbocycles. The summed E-state index contributed by atoms with van der Waals surface area (Å²) in [5.74, 6) is 2.15. The number of nitrogens with zero attached hydrogens (tertiary/aromatic N) is 4. The molecule has 2 rings (SSSR count). The predicted molar refractivity (Wildman–Crippen MR) is 80.4 cm³/mol. The molecule has 1 aliphatic heterocycles. The van der Waals surface area contributed by atoms with Crippen molar-refractivity contribution in [2.24, 2.45) is 5.92 Å². The molecule has 1 aromatic heterocycles. The molecule has 2 heterocycles. The summed E-state index contributed by atoms with van der Waals surface area (Å²) in [5, 5.41) is 3.13. The van der Waals surface area contributed by atoms with Crippen LogP contribution in [0.1, 0.15) is 39.5 Å². The molecule has 0 radical (unpaired) electrons. The van der Waals surface area contributed by atoms with Gasteiger partial charge in [-0.25, -0.2) is 0 Å². The number of ether oxygens (including phenoxy) is 1. The molecule has 1 N–H and O–H groups in total. The molecule has 0 aliphatic carbocycles. The Morgan fingerprint density at radius 2 is 2.05 bits per heavy atom. The lowest BCUT2D eigenvalue weighted by atomic mass is 9.98. The van der Waals surface area contributed by atoms with Crippen LogP contribution in [0.4, 0.5) is 11.9 Å². The van der Waals surface area contributed by atoms with Crippen LogP contribution >= 0.6 is 0 Å². The van der Waals surface area contributed by atoms with Crippen LogP contribution in [0.3, 0.4) is 0 Å². The van der Waals surface area contributed by atoms with E-state index in [4.69, 9.17) is 4.74 Å². The average Bonchev–Trinajstić information content (AvgIpc) is 2.72. The zero-order valence-electron chi connectivity index (χ0n) is 12.7. The van der Waals surface area contributed by atoms with Gasteiger partial charge in [-0.1, -0.05) is 13.3 Å². The third kappa shape index (κ3) is 3.71. The minimum atomic E-state index is 0.377. The fourth-order valence-corrected chi connectivity index (χ4v) is 2.59. The maximum atomic E-state index is 5.18. The zero-order valence-corrected chi connectivity index (χ0v) is 12.7. The number of hydrogen-bond donors (Lipinski definition) is 1. The number of nitrogens with one attached hydrogen (secondary N) is 1. The summed E-state index contributed by atoms with van der Waals surface area (Å²) in [6, 6.07) is 0.377. The molecule has 1 aromatic rings. The van der Waals surface area contributed by atoms with Gasteiger partial charge in [-0.05, 0) is 32.1 Å². The highest BCUT2D eigenvalue weighted by Gasteiger charge is 2.19. The largest absolute Gasteiger partial charge is 0.467 e. The van der Waals surface area contributed by atoms with Crippen LogP contribution in [0.15, 0.2) is 0 Å². The van der Waals surface area contributed by atoms with E-state index >= 15 is 0 Å². The molecule has 1 fully saturated rings. The Balaban J connectivity index is 2.15. The maximum Gasteiger partial charge on any atom is 0.322 e. The molecule has 1 saturated heterocycles. The van der Waals surface area contributed by atoms with Crippen molar-refractivity contribution in [2.75, 3.05) is 37.0 Å². The second-order valence-corrected chi connectivity index (χ2v) is 5.17. The van der Waals surface area contributed by atoms with Crippen molar-refractivity contribution >= 4 is 11.9 Å². The molecule has 0 bridgehead atoms. The lowest BCUT2D eigenvalue weighted by Gasteiger charge is -2.21. The Morgan fingerprint density at radius 1 is 1.20 bits per heavy atom. The van der Waals surface area contributed by atoms with E-state index in [0.29, 0.717) is 12.0 Å². The van der Waals surface area contributed by atoms with Crippen LogP contribution in [0.2, 0.25) is 0 Å². The standard InChI is InChI=1S/C14H25N5O/c1-4-11-7-6-9-19(10-8-11)13-16-12(15-5-2)17-14(18-13)20-3/h11H,4-10H2,1-3H3,(H,15,16,17,18). The molecular weight excluding hydrogens is 254 g/mol. The molecule has 1 unspecified atom stereocenters. The Bertz CT molecular complexity index is 426. The fourth-order valence-electron chi connectivity index (χ4n) is 2.59. The Kier molecular flexibility index (Phi) is 5.38. The van der Waals surface area contributed by atoms with Gasteiger partial charge in [0.2, 0.25) is 11.9 Å². The van der Waals surface area contributed by atoms with E-state index in [1.165, 1.54) is 25.7 Å². The smallest absolute Gasteiger partial charge is 0.322 e. The van der Waals surface area contributed by atoms with Gasteiger partial charge >= 0.3 is 6.01 Å². The van der Waals surface area contributed by atoms with E-state index in [1.54, 1.807) is 7.11 Å². The van der Waals surface area contributed by atoms with Gasteiger partial charge in [-0.2, -0.15) is 15.0 Å². The van der Waals surface area contributed by atoms with Crippen LogP contribution in [-0.2, 0) is 0 Å². The maximum absolute atomic E-state index is 5.18. The van der Waals surface area contributed by atoms with Crippen molar-refractivity contribution < 1.29 is 4.74 Å². The zero-order chi connectivity index (χ0) is 14.4. The molecule has 0 amide bonds. The Hall–Kier alpha value is -1.59. The summed E-state index contributed by atoms with van der Waals surface area (Å²) in [6.07, 6.45) is 4.97. The topological polar surface area (TPSA) is 63.2 Å². The molecule has 112 valence electrons. The summed E-state index contributed by atoms with van der Waals surface area (Å²) in [4.78, 5) is 15.4. The van der Waals surface area contributed by atoms with E-state index < -0.39 is 0 Å². The van der Waals surface area contributed by atoms with Gasteiger partial charge in [-0.15, -0.1) is 0 Å². The van der Waals surface area contributed by atoms with Gasteiger partial charge < -0.3 is 15.0 Å². The average molecular weight is 279 g/mol. The minimum absolute atomic E-state index is 0.377. The van der Waals surface area contributed by atoms with Crippen molar-refractivity contribution in [3.63, 3.8) is 0 Å². The normalized spacial score (nSPS) is 19.6. The fraction of sp³-hybridized carbons (Fsp3) is 0.786. The SMILES string of the molecule is CCNc1nc(OC)nc(N2CCCC(CC)CC2)n1. The summed E-state index contributed by atoms with van der Waals surface area (Å²) in [7, 11) is 1.59. The second-order valence-electron chi connectivity index (χ2n) is 5.17. The number of anilines is 2. The third-order valence-corrected chi connectivity index (χ3v) is 3.83. The predicted octanol–water partition coefficient (Wildman–Crippen LogP) is 2.33. The highest BCUT2D eigenvalue weighted by molar-refractivity contribution is 5.38. The van der Waals surface area contributed by atoms with Crippen LogP contribution in [0.25, 0.3) is 0 Å². The molecule has 0 aromatic carbocycles. The molecular formula is C14H25N5O. The molecule has 1 aliphatic rings. The van der Waals surface area contributed by atoms with Crippen molar-refractivity contribution in [3.8, 4) is 6.01 Å². The van der Waals surface area contributed by atoms with E-state index in [0.717, 1.165) is 31.5 Å². The monoisotopic (exact) mass is 279 g/mol. The van der Waals surface area contributed by atoms with Crippen molar-refractivity contribution in [1.29, 1.82) is 0 Å². The number of hydrogen-bond acceptors (Lipinski definition) is 6. The van der Waals surface area contributed by atoms with Crippen molar-refractivity contribution in [2.45, 2.75) is 39.5 Å². The molecule has 1 atom stereocenters. The van der Waals surface area contributed by atoms with E-state index in [2.05, 4.69) is 32.1 Å². The van der Waals surface area contributed by atoms with Crippen molar-refractivity contribution in [1.82, 2.24) is 15.0 Å². The Morgan fingerprint density at radius 3 is 2.75 bits per heavy atom. The van der Waals surface area contributed by atoms with E-state index in [-0.39, 0.29) is 0 Å². The molecule has 20 heavy (non-hydrogen) atoms. The first kappa shape index (κ1) is 14.8. The molecule has 0 spiro atoms. The van der Waals surface area contributed by atoms with E-state index in [9.17, 15) is 0 Å².